The molecule has 0 unspecified atom stereocenters. The molecule has 0 saturated carbocycles. The highest BCUT2D eigenvalue weighted by Crippen LogP contribution is 1.91. The van der Waals surface area contributed by atoms with Crippen LogP contribution in [0, 0.1) is 0 Å². The van der Waals surface area contributed by atoms with Crippen molar-refractivity contribution in [3.8, 4) is 0 Å². The first-order chi connectivity index (χ1) is 4.22. The van der Waals surface area contributed by atoms with E-state index in [-0.39, 0.29) is 17.3 Å². The number of hydrogen-bond donors (Lipinski definition) is 1. The fourth-order valence-corrected chi connectivity index (χ4v) is 0.631. The van der Waals surface area contributed by atoms with Crippen molar-refractivity contribution in [2.75, 3.05) is 5.75 Å². The molecule has 0 aromatic carbocycles. The summed E-state index contributed by atoms with van der Waals surface area (Å²) in [5.74, 6) is -0.633. The van der Waals surface area contributed by atoms with E-state index < -0.39 is 0 Å². The van der Waals surface area contributed by atoms with Crippen LogP contribution in [-0.2, 0) is 9.59 Å². The van der Waals surface area contributed by atoms with Gasteiger partial charge in [-0.2, -0.15) is 12.6 Å². The van der Waals surface area contributed by atoms with Gasteiger partial charge in [-0.1, -0.05) is 6.92 Å². The summed E-state index contributed by atoms with van der Waals surface area (Å²) in [6.07, 6.45) is 1.09. The topological polar surface area (TPSA) is 34.1 Å². The minimum atomic E-state index is -0.375. The van der Waals surface area contributed by atoms with Gasteiger partial charge in [0.15, 0.2) is 5.78 Å². The molecule has 3 heteroatoms. The van der Waals surface area contributed by atoms with Crippen molar-refractivity contribution in [2.45, 2.75) is 19.8 Å². The molecular formula is C6H10O2S. The normalized spacial score (nSPS) is 9.11. The van der Waals surface area contributed by atoms with Crippen LogP contribution in [0.15, 0.2) is 0 Å². The van der Waals surface area contributed by atoms with Crippen molar-refractivity contribution in [1.82, 2.24) is 0 Å². The van der Waals surface area contributed by atoms with Crippen LogP contribution >= 0.6 is 12.6 Å². The van der Waals surface area contributed by atoms with Gasteiger partial charge in [-0.15, -0.1) is 0 Å². The molecule has 0 saturated heterocycles. The molecule has 0 amide bonds. The molecule has 0 aliphatic carbocycles. The smallest absolute Gasteiger partial charge is 0.207 e. The van der Waals surface area contributed by atoms with Crippen LogP contribution in [0.1, 0.15) is 19.8 Å². The number of ketones is 2. The SMILES string of the molecule is CCCC(=O)C(=O)CS. The van der Waals surface area contributed by atoms with Gasteiger partial charge < -0.3 is 0 Å². The molecule has 0 bridgehead atoms. The van der Waals surface area contributed by atoms with Gasteiger partial charge in [0, 0.05) is 6.42 Å². The predicted molar refractivity (Wildman–Crippen MR) is 38.8 cm³/mol. The van der Waals surface area contributed by atoms with Gasteiger partial charge in [0.25, 0.3) is 0 Å². The summed E-state index contributed by atoms with van der Waals surface area (Å²) in [6.45, 7) is 1.86. The van der Waals surface area contributed by atoms with Crippen LogP contribution in [0.4, 0.5) is 0 Å². The van der Waals surface area contributed by atoms with E-state index in [0.29, 0.717) is 6.42 Å². The van der Waals surface area contributed by atoms with E-state index >= 15 is 0 Å². The second kappa shape index (κ2) is 4.56. The van der Waals surface area contributed by atoms with Crippen molar-refractivity contribution >= 4 is 24.2 Å². The Morgan fingerprint density at radius 2 is 1.89 bits per heavy atom. The van der Waals surface area contributed by atoms with Crippen LogP contribution in [-0.4, -0.2) is 17.3 Å². The molecule has 2 nitrogen and oxygen atoms in total. The highest BCUT2D eigenvalue weighted by Gasteiger charge is 2.08. The molecule has 0 fully saturated rings. The van der Waals surface area contributed by atoms with E-state index in [2.05, 4.69) is 12.6 Å². The molecule has 52 valence electrons. The third kappa shape index (κ3) is 3.30. The highest BCUT2D eigenvalue weighted by atomic mass is 32.1. The Morgan fingerprint density at radius 3 is 2.22 bits per heavy atom. The third-order valence-electron chi connectivity index (χ3n) is 0.932. The second-order valence-electron chi connectivity index (χ2n) is 1.75. The van der Waals surface area contributed by atoms with E-state index in [1.807, 2.05) is 6.92 Å². The molecule has 0 radical (unpaired) electrons. The first-order valence-electron chi connectivity index (χ1n) is 2.89. The standard InChI is InChI=1S/C6H10O2S/c1-2-3-5(7)6(8)4-9/h9H,2-4H2,1H3. The number of carbonyl (C=O) groups excluding carboxylic acids is 2. The maximum Gasteiger partial charge on any atom is 0.207 e. The van der Waals surface area contributed by atoms with Crippen molar-refractivity contribution in [1.29, 1.82) is 0 Å². The Kier molecular flexibility index (Phi) is 4.40. The molecule has 0 N–H and O–H groups in total. The average Bonchev–Trinajstić information content (AvgIpc) is 1.87. The van der Waals surface area contributed by atoms with Gasteiger partial charge in [-0.05, 0) is 6.42 Å². The van der Waals surface area contributed by atoms with Crippen molar-refractivity contribution < 1.29 is 9.59 Å². The molecule has 0 aromatic heterocycles. The number of rotatable bonds is 4. The van der Waals surface area contributed by atoms with Crippen LogP contribution in [0.3, 0.4) is 0 Å². The third-order valence-corrected chi connectivity index (χ3v) is 1.22. The van der Waals surface area contributed by atoms with Crippen LogP contribution in [0.5, 0.6) is 0 Å². The van der Waals surface area contributed by atoms with Gasteiger partial charge in [0.05, 0.1) is 5.75 Å². The van der Waals surface area contributed by atoms with Crippen LogP contribution in [0.2, 0.25) is 0 Å². The summed E-state index contributed by atoms with van der Waals surface area (Å²) < 4.78 is 0. The number of Topliss-reactive ketones (excluding diaryl/α,β-unsaturated/α-hetero) is 2. The maximum absolute atomic E-state index is 10.6. The Hall–Kier alpha value is -0.310. The summed E-state index contributed by atoms with van der Waals surface area (Å²) in [5.41, 5.74) is 0. The molecule has 0 aliphatic heterocycles. The van der Waals surface area contributed by atoms with E-state index in [1.54, 1.807) is 0 Å². The zero-order valence-corrected chi connectivity index (χ0v) is 6.28. The van der Waals surface area contributed by atoms with E-state index in [1.165, 1.54) is 0 Å². The monoisotopic (exact) mass is 146 g/mol. The predicted octanol–water partition coefficient (Wildman–Crippen LogP) is 0.854. The summed E-state index contributed by atoms with van der Waals surface area (Å²) >= 11 is 3.68. The molecule has 0 aromatic rings. The number of thiol groups is 1. The Bertz CT molecular complexity index is 120. The Labute approximate surface area is 60.0 Å². The minimum absolute atomic E-state index is 0.0405. The fourth-order valence-electron chi connectivity index (χ4n) is 0.455. The largest absolute Gasteiger partial charge is 0.291 e. The van der Waals surface area contributed by atoms with E-state index in [9.17, 15) is 9.59 Å². The highest BCUT2D eigenvalue weighted by molar-refractivity contribution is 7.81. The number of carbonyl (C=O) groups is 2. The lowest BCUT2D eigenvalue weighted by molar-refractivity contribution is -0.135. The fraction of sp³-hybridized carbons (Fsp3) is 0.667. The van der Waals surface area contributed by atoms with Crippen LogP contribution in [0.25, 0.3) is 0 Å². The maximum atomic E-state index is 10.6. The quantitative estimate of drug-likeness (QED) is 0.471. The molecule has 0 atom stereocenters. The average molecular weight is 146 g/mol. The zero-order chi connectivity index (χ0) is 7.28. The number of hydrogen-bond acceptors (Lipinski definition) is 3. The second-order valence-corrected chi connectivity index (χ2v) is 2.07. The summed E-state index contributed by atoms with van der Waals surface area (Å²) in [5, 5.41) is 0. The Balaban J connectivity index is 3.60. The lowest BCUT2D eigenvalue weighted by Gasteiger charge is -1.90. The van der Waals surface area contributed by atoms with Crippen molar-refractivity contribution in [2.24, 2.45) is 0 Å². The molecule has 0 spiro atoms. The first kappa shape index (κ1) is 8.69. The summed E-state index contributed by atoms with van der Waals surface area (Å²) in [7, 11) is 0. The molecule has 0 heterocycles. The summed E-state index contributed by atoms with van der Waals surface area (Å²) in [4.78, 5) is 21.1. The van der Waals surface area contributed by atoms with Gasteiger partial charge in [0.1, 0.15) is 0 Å². The lowest BCUT2D eigenvalue weighted by Crippen LogP contribution is -2.14. The summed E-state index contributed by atoms with van der Waals surface area (Å²) in [6, 6.07) is 0. The van der Waals surface area contributed by atoms with Gasteiger partial charge in [-0.25, -0.2) is 0 Å². The lowest BCUT2D eigenvalue weighted by atomic mass is 10.2. The van der Waals surface area contributed by atoms with E-state index in [4.69, 9.17) is 0 Å². The van der Waals surface area contributed by atoms with Gasteiger partial charge in [-0.3, -0.25) is 9.59 Å². The van der Waals surface area contributed by atoms with Gasteiger partial charge >= 0.3 is 0 Å². The molecule has 0 aliphatic rings. The Morgan fingerprint density at radius 1 is 1.33 bits per heavy atom. The molecule has 0 rings (SSSR count). The van der Waals surface area contributed by atoms with Crippen LogP contribution < -0.4 is 0 Å². The first-order valence-corrected chi connectivity index (χ1v) is 3.52. The minimum Gasteiger partial charge on any atom is -0.291 e. The van der Waals surface area contributed by atoms with Crippen molar-refractivity contribution in [3.05, 3.63) is 0 Å². The van der Waals surface area contributed by atoms with E-state index in [0.717, 1.165) is 6.42 Å². The van der Waals surface area contributed by atoms with Crippen molar-refractivity contribution in [3.63, 3.8) is 0 Å². The molecular weight excluding hydrogens is 136 g/mol. The zero-order valence-electron chi connectivity index (χ0n) is 5.39. The van der Waals surface area contributed by atoms with Gasteiger partial charge in [0.2, 0.25) is 5.78 Å². The molecule has 9 heavy (non-hydrogen) atoms.